The first kappa shape index (κ1) is 15.8. The zero-order valence-corrected chi connectivity index (χ0v) is 13.6. The second kappa shape index (κ2) is 7.43. The molecule has 2 N–H and O–H groups in total. The van der Waals surface area contributed by atoms with E-state index in [4.69, 9.17) is 0 Å². The first-order valence-corrected chi connectivity index (χ1v) is 8.12. The van der Waals surface area contributed by atoms with Gasteiger partial charge in [-0.15, -0.1) is 0 Å². The molecule has 0 bridgehead atoms. The van der Waals surface area contributed by atoms with Crippen molar-refractivity contribution in [1.29, 1.82) is 0 Å². The van der Waals surface area contributed by atoms with E-state index in [0.29, 0.717) is 12.0 Å². The quantitative estimate of drug-likeness (QED) is 0.625. The lowest BCUT2D eigenvalue weighted by atomic mass is 9.67. The molecule has 1 aromatic heterocycles. The third kappa shape index (κ3) is 4.19. The SMILES string of the molecule is CCNC(=NCc1ncccc1C)NCC1(CC)CCC1. The van der Waals surface area contributed by atoms with Crippen molar-refractivity contribution in [3.05, 3.63) is 29.6 Å². The van der Waals surface area contributed by atoms with Gasteiger partial charge in [0.2, 0.25) is 0 Å². The maximum atomic E-state index is 4.67. The third-order valence-electron chi connectivity index (χ3n) is 4.64. The van der Waals surface area contributed by atoms with Gasteiger partial charge in [0, 0.05) is 19.3 Å². The van der Waals surface area contributed by atoms with Crippen LogP contribution >= 0.6 is 0 Å². The highest BCUT2D eigenvalue weighted by Gasteiger charge is 2.34. The molecule has 0 unspecified atom stereocenters. The topological polar surface area (TPSA) is 49.3 Å². The van der Waals surface area contributed by atoms with E-state index in [1.54, 1.807) is 0 Å². The molecule has 0 atom stereocenters. The van der Waals surface area contributed by atoms with Crippen LogP contribution in [0.25, 0.3) is 0 Å². The summed E-state index contributed by atoms with van der Waals surface area (Å²) in [6.45, 7) is 9.01. The van der Waals surface area contributed by atoms with Gasteiger partial charge in [-0.1, -0.05) is 19.4 Å². The number of aryl methyl sites for hydroxylation is 1. The molecule has 4 nitrogen and oxygen atoms in total. The Morgan fingerprint density at radius 3 is 2.71 bits per heavy atom. The number of hydrogen-bond acceptors (Lipinski definition) is 2. The molecule has 1 aromatic rings. The molecule has 21 heavy (non-hydrogen) atoms. The number of guanidine groups is 1. The van der Waals surface area contributed by atoms with Crippen molar-refractivity contribution in [2.45, 2.75) is 53.0 Å². The first-order chi connectivity index (χ1) is 10.2. The van der Waals surface area contributed by atoms with E-state index >= 15 is 0 Å². The maximum absolute atomic E-state index is 4.67. The van der Waals surface area contributed by atoms with E-state index in [2.05, 4.69) is 47.4 Å². The Morgan fingerprint density at radius 1 is 1.33 bits per heavy atom. The first-order valence-electron chi connectivity index (χ1n) is 8.12. The van der Waals surface area contributed by atoms with Gasteiger partial charge in [0.25, 0.3) is 0 Å². The van der Waals surface area contributed by atoms with Gasteiger partial charge in [0.15, 0.2) is 5.96 Å². The molecule has 0 aliphatic heterocycles. The van der Waals surface area contributed by atoms with Crippen LogP contribution in [0.5, 0.6) is 0 Å². The Kier molecular flexibility index (Phi) is 5.59. The monoisotopic (exact) mass is 288 g/mol. The molecule has 0 saturated heterocycles. The van der Waals surface area contributed by atoms with E-state index < -0.39 is 0 Å². The summed E-state index contributed by atoms with van der Waals surface area (Å²) in [6.07, 6.45) is 7.14. The Morgan fingerprint density at radius 2 is 2.14 bits per heavy atom. The number of aromatic nitrogens is 1. The van der Waals surface area contributed by atoms with Gasteiger partial charge in [0.1, 0.15) is 0 Å². The van der Waals surface area contributed by atoms with E-state index in [0.717, 1.165) is 24.7 Å². The van der Waals surface area contributed by atoms with Crippen LogP contribution in [0.1, 0.15) is 50.8 Å². The highest BCUT2D eigenvalue weighted by Crippen LogP contribution is 2.42. The molecule has 116 valence electrons. The van der Waals surface area contributed by atoms with E-state index in [-0.39, 0.29) is 0 Å². The van der Waals surface area contributed by atoms with Crippen molar-refractivity contribution in [3.63, 3.8) is 0 Å². The molecule has 2 rings (SSSR count). The van der Waals surface area contributed by atoms with Gasteiger partial charge in [-0.3, -0.25) is 4.98 Å². The lowest BCUT2D eigenvalue weighted by Crippen LogP contribution is -2.46. The minimum Gasteiger partial charge on any atom is -0.357 e. The largest absolute Gasteiger partial charge is 0.357 e. The summed E-state index contributed by atoms with van der Waals surface area (Å²) in [7, 11) is 0. The third-order valence-corrected chi connectivity index (χ3v) is 4.64. The van der Waals surface area contributed by atoms with Crippen molar-refractivity contribution >= 4 is 5.96 Å². The second-order valence-electron chi connectivity index (χ2n) is 6.02. The summed E-state index contributed by atoms with van der Waals surface area (Å²) in [5.41, 5.74) is 2.74. The highest BCUT2D eigenvalue weighted by atomic mass is 15.2. The fourth-order valence-electron chi connectivity index (χ4n) is 2.78. The maximum Gasteiger partial charge on any atom is 0.191 e. The predicted octanol–water partition coefficient (Wildman–Crippen LogP) is 3.03. The molecule has 1 heterocycles. The summed E-state index contributed by atoms with van der Waals surface area (Å²) in [4.78, 5) is 9.07. The Bertz CT molecular complexity index is 472. The van der Waals surface area contributed by atoms with E-state index in [9.17, 15) is 0 Å². The van der Waals surface area contributed by atoms with Crippen LogP contribution in [-0.4, -0.2) is 24.0 Å². The summed E-state index contributed by atoms with van der Waals surface area (Å²) in [5, 5.41) is 6.84. The standard InChI is InChI=1S/C17H28N4/c1-4-17(9-7-10-17)13-21-16(18-5-2)20-12-15-14(3)8-6-11-19-15/h6,8,11H,4-5,7,9-10,12-13H2,1-3H3,(H2,18,20,21). The fourth-order valence-corrected chi connectivity index (χ4v) is 2.78. The van der Waals surface area contributed by atoms with Gasteiger partial charge in [-0.25, -0.2) is 4.99 Å². The molecule has 1 aliphatic rings. The number of hydrogen-bond donors (Lipinski definition) is 2. The molecule has 1 saturated carbocycles. The molecule has 1 fully saturated rings. The van der Waals surface area contributed by atoms with Gasteiger partial charge >= 0.3 is 0 Å². The van der Waals surface area contributed by atoms with Crippen LogP contribution < -0.4 is 10.6 Å². The molecule has 4 heteroatoms. The minimum absolute atomic E-state index is 0.497. The number of aliphatic imine (C=N–C) groups is 1. The normalized spacial score (nSPS) is 17.2. The van der Waals surface area contributed by atoms with Gasteiger partial charge < -0.3 is 10.6 Å². The Hall–Kier alpha value is -1.58. The molecular weight excluding hydrogens is 260 g/mol. The van der Waals surface area contributed by atoms with Crippen LogP contribution in [0, 0.1) is 12.3 Å². The van der Waals surface area contributed by atoms with Crippen LogP contribution in [0.15, 0.2) is 23.3 Å². The lowest BCUT2D eigenvalue weighted by molar-refractivity contribution is 0.131. The molecule has 1 aliphatic carbocycles. The van der Waals surface area contributed by atoms with Gasteiger partial charge in [-0.05, 0) is 50.2 Å². The van der Waals surface area contributed by atoms with Crippen LogP contribution in [0.3, 0.4) is 0 Å². The van der Waals surface area contributed by atoms with Crippen LogP contribution in [0.2, 0.25) is 0 Å². The van der Waals surface area contributed by atoms with Crippen molar-refractivity contribution in [2.75, 3.05) is 13.1 Å². The van der Waals surface area contributed by atoms with Gasteiger partial charge in [-0.2, -0.15) is 0 Å². The Balaban J connectivity index is 1.94. The predicted molar refractivity (Wildman–Crippen MR) is 88.4 cm³/mol. The van der Waals surface area contributed by atoms with Crippen molar-refractivity contribution in [1.82, 2.24) is 15.6 Å². The minimum atomic E-state index is 0.497. The number of pyridine rings is 1. The molecule has 0 radical (unpaired) electrons. The van der Waals surface area contributed by atoms with Crippen LogP contribution in [0.4, 0.5) is 0 Å². The fraction of sp³-hybridized carbons (Fsp3) is 0.647. The Labute approximate surface area is 128 Å². The van der Waals surface area contributed by atoms with Crippen molar-refractivity contribution in [3.8, 4) is 0 Å². The molecule has 0 aromatic carbocycles. The molecular formula is C17H28N4. The number of rotatable bonds is 6. The zero-order valence-electron chi connectivity index (χ0n) is 13.6. The van der Waals surface area contributed by atoms with Crippen molar-refractivity contribution < 1.29 is 0 Å². The number of nitrogens with one attached hydrogen (secondary N) is 2. The summed E-state index contributed by atoms with van der Waals surface area (Å²) < 4.78 is 0. The average molecular weight is 288 g/mol. The number of nitrogens with zero attached hydrogens (tertiary/aromatic N) is 2. The van der Waals surface area contributed by atoms with Gasteiger partial charge in [0.05, 0.1) is 12.2 Å². The van der Waals surface area contributed by atoms with Crippen LogP contribution in [-0.2, 0) is 6.54 Å². The molecule has 0 amide bonds. The average Bonchev–Trinajstić information content (AvgIpc) is 2.45. The zero-order chi connectivity index (χ0) is 15.1. The molecule has 0 spiro atoms. The van der Waals surface area contributed by atoms with Crippen molar-refractivity contribution in [2.24, 2.45) is 10.4 Å². The smallest absolute Gasteiger partial charge is 0.191 e. The second-order valence-corrected chi connectivity index (χ2v) is 6.02. The highest BCUT2D eigenvalue weighted by molar-refractivity contribution is 5.79. The van der Waals surface area contributed by atoms with E-state index in [1.807, 2.05) is 12.3 Å². The summed E-state index contributed by atoms with van der Waals surface area (Å²) in [5.74, 6) is 0.905. The summed E-state index contributed by atoms with van der Waals surface area (Å²) in [6, 6.07) is 4.05. The van der Waals surface area contributed by atoms with E-state index in [1.165, 1.54) is 31.2 Å². The lowest BCUT2D eigenvalue weighted by Gasteiger charge is -2.41. The summed E-state index contributed by atoms with van der Waals surface area (Å²) >= 11 is 0.